The molecule has 1 N–H and O–H groups in total. The monoisotopic (exact) mass is 274 g/mol. The average molecular weight is 274 g/mol. The van der Waals surface area contributed by atoms with Crippen molar-refractivity contribution < 1.29 is 5.11 Å². The van der Waals surface area contributed by atoms with Gasteiger partial charge in [-0.1, -0.05) is 36.4 Å². The van der Waals surface area contributed by atoms with E-state index in [0.29, 0.717) is 0 Å². The zero-order valence-electron chi connectivity index (χ0n) is 11.4. The summed E-state index contributed by atoms with van der Waals surface area (Å²) < 4.78 is 2.04. The first-order chi connectivity index (χ1) is 10.4. The maximum atomic E-state index is 9.48. The minimum Gasteiger partial charge on any atom is -0.390 e. The Morgan fingerprint density at radius 2 is 1.81 bits per heavy atom. The largest absolute Gasteiger partial charge is 0.390 e. The van der Waals surface area contributed by atoms with Crippen LogP contribution in [-0.2, 0) is 6.61 Å². The van der Waals surface area contributed by atoms with Crippen molar-refractivity contribution in [2.24, 2.45) is 4.99 Å². The summed E-state index contributed by atoms with van der Waals surface area (Å²) in [6.07, 6.45) is 1.97. The highest BCUT2D eigenvalue weighted by molar-refractivity contribution is 5.96. The first kappa shape index (κ1) is 12.1. The van der Waals surface area contributed by atoms with E-state index < -0.39 is 0 Å². The summed E-state index contributed by atoms with van der Waals surface area (Å²) in [4.78, 5) is 4.73. The molecule has 0 radical (unpaired) electrons. The van der Waals surface area contributed by atoms with E-state index in [2.05, 4.69) is 12.1 Å². The molecule has 21 heavy (non-hydrogen) atoms. The van der Waals surface area contributed by atoms with Crippen LogP contribution in [0.15, 0.2) is 71.9 Å². The van der Waals surface area contributed by atoms with Crippen molar-refractivity contribution in [3.05, 3.63) is 77.9 Å². The molecule has 0 amide bonds. The molecule has 0 fully saturated rings. The third-order valence-corrected chi connectivity index (χ3v) is 3.76. The highest BCUT2D eigenvalue weighted by Crippen LogP contribution is 2.23. The van der Waals surface area contributed by atoms with E-state index >= 15 is 0 Å². The molecule has 0 saturated carbocycles. The Hall–Kier alpha value is -2.65. The summed E-state index contributed by atoms with van der Waals surface area (Å²) in [6.45, 7) is 0.0314. The number of para-hydroxylation sites is 2. The topological polar surface area (TPSA) is 37.0 Å². The molecule has 4 aromatic rings. The molecular formula is C18H14N2O. The Bertz CT molecular complexity index is 971. The summed E-state index contributed by atoms with van der Waals surface area (Å²) in [6, 6.07) is 20.1. The molecule has 2 heterocycles. The minimum atomic E-state index is 0.0314. The summed E-state index contributed by atoms with van der Waals surface area (Å²) in [5, 5.41) is 12.7. The van der Waals surface area contributed by atoms with Gasteiger partial charge in [0.2, 0.25) is 0 Å². The van der Waals surface area contributed by atoms with Gasteiger partial charge in [-0.2, -0.15) is 0 Å². The zero-order chi connectivity index (χ0) is 14.2. The maximum absolute atomic E-state index is 9.48. The van der Waals surface area contributed by atoms with Gasteiger partial charge in [-0.3, -0.25) is 0 Å². The summed E-state index contributed by atoms with van der Waals surface area (Å²) in [5.74, 6) is 0. The van der Waals surface area contributed by atoms with Gasteiger partial charge in [0, 0.05) is 22.7 Å². The molecule has 2 aromatic carbocycles. The standard InChI is InChI=1S/C18H14N2O/c21-12-15-11-13-5-4-8-16-17(9-10-20(15)18(13)16)19-14-6-2-1-3-7-14/h1-11,21H,12H2. The smallest absolute Gasteiger partial charge is 0.0836 e. The predicted octanol–water partition coefficient (Wildman–Crippen LogP) is 3.26. The van der Waals surface area contributed by atoms with Crippen molar-refractivity contribution >= 4 is 22.0 Å². The number of aromatic nitrogens is 1. The van der Waals surface area contributed by atoms with Crippen LogP contribution in [0.25, 0.3) is 16.3 Å². The van der Waals surface area contributed by atoms with Gasteiger partial charge in [0.25, 0.3) is 0 Å². The van der Waals surface area contributed by atoms with E-state index in [4.69, 9.17) is 4.99 Å². The highest BCUT2D eigenvalue weighted by atomic mass is 16.3. The fourth-order valence-electron chi connectivity index (χ4n) is 2.81. The second-order valence-corrected chi connectivity index (χ2v) is 5.06. The van der Waals surface area contributed by atoms with Gasteiger partial charge in [0.1, 0.15) is 0 Å². The van der Waals surface area contributed by atoms with Crippen LogP contribution in [0.1, 0.15) is 5.69 Å². The van der Waals surface area contributed by atoms with E-state index in [-0.39, 0.29) is 6.61 Å². The molecule has 0 spiro atoms. The van der Waals surface area contributed by atoms with Crippen LogP contribution in [-0.4, -0.2) is 9.51 Å². The van der Waals surface area contributed by atoms with Crippen LogP contribution >= 0.6 is 0 Å². The Balaban J connectivity index is 2.09. The molecule has 0 aliphatic rings. The second kappa shape index (κ2) is 4.72. The normalized spacial score (nSPS) is 12.5. The predicted molar refractivity (Wildman–Crippen MR) is 83.7 cm³/mol. The molecule has 0 saturated heterocycles. The molecular weight excluding hydrogens is 260 g/mol. The first-order valence-corrected chi connectivity index (χ1v) is 6.93. The van der Waals surface area contributed by atoms with Crippen molar-refractivity contribution in [2.45, 2.75) is 6.61 Å². The van der Waals surface area contributed by atoms with Gasteiger partial charge in [0.15, 0.2) is 0 Å². The summed E-state index contributed by atoms with van der Waals surface area (Å²) in [7, 11) is 0. The van der Waals surface area contributed by atoms with E-state index in [9.17, 15) is 5.11 Å². The quantitative estimate of drug-likeness (QED) is 0.598. The third-order valence-electron chi connectivity index (χ3n) is 3.76. The first-order valence-electron chi connectivity index (χ1n) is 6.93. The highest BCUT2D eigenvalue weighted by Gasteiger charge is 2.08. The molecule has 0 unspecified atom stereocenters. The number of rotatable bonds is 2. The van der Waals surface area contributed by atoms with Crippen molar-refractivity contribution in [3.63, 3.8) is 0 Å². The van der Waals surface area contributed by atoms with Gasteiger partial charge in [-0.15, -0.1) is 0 Å². The SMILES string of the molecule is OCc1cc2cccc3c(=Nc4ccccc4)ccn1c23. The van der Waals surface area contributed by atoms with Gasteiger partial charge in [-0.25, -0.2) is 4.99 Å². The van der Waals surface area contributed by atoms with E-state index in [1.165, 1.54) is 0 Å². The number of hydrogen-bond donors (Lipinski definition) is 1. The van der Waals surface area contributed by atoms with Crippen molar-refractivity contribution in [3.8, 4) is 0 Å². The van der Waals surface area contributed by atoms with Crippen LogP contribution in [0.3, 0.4) is 0 Å². The molecule has 0 bridgehead atoms. The number of nitrogens with zero attached hydrogens (tertiary/aromatic N) is 2. The fourth-order valence-corrected chi connectivity index (χ4v) is 2.81. The number of aliphatic hydroxyl groups excluding tert-OH is 1. The van der Waals surface area contributed by atoms with Crippen LogP contribution < -0.4 is 5.36 Å². The molecule has 0 aliphatic carbocycles. The fraction of sp³-hybridized carbons (Fsp3) is 0.0556. The molecule has 2 aromatic heterocycles. The number of pyridine rings is 1. The molecule has 0 atom stereocenters. The summed E-state index contributed by atoms with van der Waals surface area (Å²) >= 11 is 0. The maximum Gasteiger partial charge on any atom is 0.0836 e. The second-order valence-electron chi connectivity index (χ2n) is 5.06. The van der Waals surface area contributed by atoms with Crippen LogP contribution in [0.5, 0.6) is 0 Å². The Morgan fingerprint density at radius 1 is 0.952 bits per heavy atom. The van der Waals surface area contributed by atoms with Gasteiger partial charge in [-0.05, 0) is 24.3 Å². The Labute approximate surface area is 121 Å². The summed E-state index contributed by atoms with van der Waals surface area (Å²) in [5.41, 5.74) is 2.95. The lowest BCUT2D eigenvalue weighted by Crippen LogP contribution is -2.05. The average Bonchev–Trinajstić information content (AvgIpc) is 2.91. The van der Waals surface area contributed by atoms with E-state index in [0.717, 1.165) is 33.0 Å². The van der Waals surface area contributed by atoms with Crippen LogP contribution in [0, 0.1) is 0 Å². The molecule has 4 rings (SSSR count). The Morgan fingerprint density at radius 3 is 2.62 bits per heavy atom. The minimum absolute atomic E-state index is 0.0314. The molecule has 3 heteroatoms. The number of hydrogen-bond acceptors (Lipinski definition) is 2. The zero-order valence-corrected chi connectivity index (χ0v) is 11.4. The van der Waals surface area contributed by atoms with Crippen LogP contribution in [0.2, 0.25) is 0 Å². The van der Waals surface area contributed by atoms with Gasteiger partial charge in [0.05, 0.1) is 23.2 Å². The van der Waals surface area contributed by atoms with Crippen molar-refractivity contribution in [1.82, 2.24) is 4.40 Å². The Kier molecular flexibility index (Phi) is 2.72. The molecule has 3 nitrogen and oxygen atoms in total. The van der Waals surface area contributed by atoms with E-state index in [1.54, 1.807) is 0 Å². The number of aliphatic hydroxyl groups is 1. The lowest BCUT2D eigenvalue weighted by Gasteiger charge is -2.03. The van der Waals surface area contributed by atoms with Gasteiger partial charge < -0.3 is 9.51 Å². The lowest BCUT2D eigenvalue weighted by atomic mass is 10.1. The van der Waals surface area contributed by atoms with Gasteiger partial charge >= 0.3 is 0 Å². The third kappa shape index (κ3) is 1.90. The number of benzene rings is 2. The van der Waals surface area contributed by atoms with Crippen LogP contribution in [0.4, 0.5) is 5.69 Å². The molecule has 102 valence electrons. The van der Waals surface area contributed by atoms with Crippen molar-refractivity contribution in [2.75, 3.05) is 0 Å². The van der Waals surface area contributed by atoms with E-state index in [1.807, 2.05) is 59.1 Å². The van der Waals surface area contributed by atoms with Crippen molar-refractivity contribution in [1.29, 1.82) is 0 Å². The molecule has 0 aliphatic heterocycles. The lowest BCUT2D eigenvalue weighted by molar-refractivity contribution is 0.276.